The fourth-order valence-electron chi connectivity index (χ4n) is 0.285. The lowest BCUT2D eigenvalue weighted by Gasteiger charge is -2.05. The summed E-state index contributed by atoms with van der Waals surface area (Å²) in [5, 5.41) is 0. The van der Waals surface area contributed by atoms with Crippen molar-refractivity contribution in [1.82, 2.24) is 0 Å². The molecule has 2 unspecified atom stereocenters. The molecule has 0 radical (unpaired) electrons. The Morgan fingerprint density at radius 3 is 2.43 bits per heavy atom. The molecular weight excluding hydrogens is 107 g/mol. The zero-order chi connectivity index (χ0) is 5.70. The van der Waals surface area contributed by atoms with Crippen LogP contribution in [0.2, 0.25) is 0 Å². The van der Waals surface area contributed by atoms with Gasteiger partial charge in [0.05, 0.1) is 6.10 Å². The zero-order valence-electron chi connectivity index (χ0n) is 5.19. The third kappa shape index (κ3) is 4.24. The van der Waals surface area contributed by atoms with Crippen LogP contribution in [0.15, 0.2) is 0 Å². The van der Waals surface area contributed by atoms with Crippen LogP contribution >= 0.6 is 8.81 Å². The van der Waals surface area contributed by atoms with E-state index >= 15 is 0 Å². The minimum absolute atomic E-state index is 0.461. The van der Waals surface area contributed by atoms with Crippen LogP contribution in [0.3, 0.4) is 0 Å². The number of hydrogen-bond acceptors (Lipinski definition) is 1. The Morgan fingerprint density at radius 2 is 2.29 bits per heavy atom. The Labute approximate surface area is 47.3 Å². The van der Waals surface area contributed by atoms with Crippen molar-refractivity contribution in [3.05, 3.63) is 0 Å². The van der Waals surface area contributed by atoms with E-state index in [-0.39, 0.29) is 0 Å². The second-order valence-electron chi connectivity index (χ2n) is 1.54. The Bertz CT molecular complexity index is 39.1. The maximum Gasteiger partial charge on any atom is 0.0583 e. The van der Waals surface area contributed by atoms with E-state index in [1.54, 1.807) is 0 Å². The molecule has 0 amide bonds. The Morgan fingerprint density at radius 1 is 1.71 bits per heavy atom. The highest BCUT2D eigenvalue weighted by Gasteiger charge is 1.92. The standard InChI is InChI=1S/C5H13OP/c1-4-5(2)6-7-3/h5,7H,4H2,1-3H3. The molecule has 0 rings (SSSR count). The predicted molar refractivity (Wildman–Crippen MR) is 35.1 cm³/mol. The second kappa shape index (κ2) is 4.55. The fraction of sp³-hybridized carbons (Fsp3) is 1.00. The van der Waals surface area contributed by atoms with E-state index in [1.165, 1.54) is 0 Å². The van der Waals surface area contributed by atoms with Crippen LogP contribution in [0.5, 0.6) is 0 Å². The quantitative estimate of drug-likeness (QED) is 0.518. The monoisotopic (exact) mass is 120 g/mol. The SMILES string of the molecule is CCC(C)OPC. The Balaban J connectivity index is 2.83. The molecule has 0 saturated heterocycles. The summed E-state index contributed by atoms with van der Waals surface area (Å²) in [6.07, 6.45) is 1.59. The van der Waals surface area contributed by atoms with Gasteiger partial charge in [-0.25, -0.2) is 0 Å². The highest BCUT2D eigenvalue weighted by atomic mass is 31.1. The molecule has 0 bridgehead atoms. The summed E-state index contributed by atoms with van der Waals surface area (Å²) in [5.41, 5.74) is 0. The minimum atomic E-state index is 0.461. The summed E-state index contributed by atoms with van der Waals surface area (Å²) in [6, 6.07) is 0. The summed E-state index contributed by atoms with van der Waals surface area (Å²) in [6.45, 7) is 6.27. The molecule has 0 aromatic carbocycles. The highest BCUT2D eigenvalue weighted by molar-refractivity contribution is 7.31. The average molecular weight is 120 g/mol. The second-order valence-corrected chi connectivity index (χ2v) is 2.18. The van der Waals surface area contributed by atoms with Crippen LogP contribution in [0.4, 0.5) is 0 Å². The first-order valence-electron chi connectivity index (χ1n) is 2.63. The summed E-state index contributed by atoms with van der Waals surface area (Å²) in [7, 11) is 0.645. The average Bonchev–Trinajstić information content (AvgIpc) is 1.68. The van der Waals surface area contributed by atoms with Crippen molar-refractivity contribution in [3.8, 4) is 0 Å². The topological polar surface area (TPSA) is 9.23 Å². The largest absolute Gasteiger partial charge is 0.360 e. The van der Waals surface area contributed by atoms with Gasteiger partial charge in [-0.05, 0) is 20.0 Å². The molecule has 7 heavy (non-hydrogen) atoms. The van der Waals surface area contributed by atoms with Crippen molar-refractivity contribution >= 4 is 8.81 Å². The lowest BCUT2D eigenvalue weighted by Crippen LogP contribution is -1.97. The molecule has 2 heteroatoms. The lowest BCUT2D eigenvalue weighted by molar-refractivity contribution is 0.252. The maximum absolute atomic E-state index is 5.22. The molecule has 1 nitrogen and oxygen atoms in total. The van der Waals surface area contributed by atoms with Gasteiger partial charge in [0.2, 0.25) is 0 Å². The molecule has 0 spiro atoms. The van der Waals surface area contributed by atoms with Gasteiger partial charge in [0.25, 0.3) is 0 Å². The van der Waals surface area contributed by atoms with Gasteiger partial charge in [0.15, 0.2) is 0 Å². The van der Waals surface area contributed by atoms with E-state index in [4.69, 9.17) is 4.52 Å². The summed E-state index contributed by atoms with van der Waals surface area (Å²) < 4.78 is 5.22. The Hall–Kier alpha value is 0.390. The predicted octanol–water partition coefficient (Wildman–Crippen LogP) is 2.02. The molecule has 0 aliphatic carbocycles. The van der Waals surface area contributed by atoms with E-state index in [0.717, 1.165) is 6.42 Å². The summed E-state index contributed by atoms with van der Waals surface area (Å²) in [5.74, 6) is 0. The third-order valence-electron chi connectivity index (χ3n) is 0.894. The molecule has 0 fully saturated rings. The van der Waals surface area contributed by atoms with Crippen molar-refractivity contribution in [2.24, 2.45) is 0 Å². The van der Waals surface area contributed by atoms with Gasteiger partial charge < -0.3 is 4.52 Å². The lowest BCUT2D eigenvalue weighted by atomic mass is 10.3. The van der Waals surface area contributed by atoms with Crippen molar-refractivity contribution in [2.45, 2.75) is 26.4 Å². The number of hydrogen-bond donors (Lipinski definition) is 0. The fourth-order valence-corrected chi connectivity index (χ4v) is 0.854. The summed E-state index contributed by atoms with van der Waals surface area (Å²) >= 11 is 0. The maximum atomic E-state index is 5.22. The molecular formula is C5H13OP. The van der Waals surface area contributed by atoms with Crippen LogP contribution in [-0.4, -0.2) is 12.8 Å². The van der Waals surface area contributed by atoms with Gasteiger partial charge in [-0.15, -0.1) is 0 Å². The van der Waals surface area contributed by atoms with Gasteiger partial charge in [0.1, 0.15) is 0 Å². The Kier molecular flexibility index (Phi) is 4.80. The van der Waals surface area contributed by atoms with Crippen LogP contribution in [0.1, 0.15) is 20.3 Å². The molecule has 0 heterocycles. The zero-order valence-corrected chi connectivity index (χ0v) is 6.19. The van der Waals surface area contributed by atoms with Crippen LogP contribution < -0.4 is 0 Å². The molecule has 2 atom stereocenters. The molecule has 0 aromatic rings. The van der Waals surface area contributed by atoms with Gasteiger partial charge in [-0.1, -0.05) is 6.92 Å². The first-order valence-corrected chi connectivity index (χ1v) is 4.04. The smallest absolute Gasteiger partial charge is 0.0583 e. The van der Waals surface area contributed by atoms with E-state index in [2.05, 4.69) is 13.8 Å². The van der Waals surface area contributed by atoms with Crippen molar-refractivity contribution in [2.75, 3.05) is 6.66 Å². The molecule has 44 valence electrons. The van der Waals surface area contributed by atoms with Crippen LogP contribution in [0.25, 0.3) is 0 Å². The van der Waals surface area contributed by atoms with Gasteiger partial charge >= 0.3 is 0 Å². The minimum Gasteiger partial charge on any atom is -0.360 e. The van der Waals surface area contributed by atoms with Gasteiger partial charge in [-0.2, -0.15) is 0 Å². The van der Waals surface area contributed by atoms with Crippen molar-refractivity contribution in [3.63, 3.8) is 0 Å². The van der Waals surface area contributed by atoms with E-state index < -0.39 is 0 Å². The number of rotatable bonds is 3. The highest BCUT2D eigenvalue weighted by Crippen LogP contribution is 2.10. The van der Waals surface area contributed by atoms with Crippen molar-refractivity contribution < 1.29 is 4.52 Å². The molecule has 0 aliphatic rings. The van der Waals surface area contributed by atoms with Gasteiger partial charge in [0, 0.05) is 8.81 Å². The molecule has 0 saturated carbocycles. The van der Waals surface area contributed by atoms with E-state index in [1.807, 2.05) is 6.66 Å². The van der Waals surface area contributed by atoms with E-state index in [0.29, 0.717) is 14.9 Å². The van der Waals surface area contributed by atoms with Crippen LogP contribution in [-0.2, 0) is 4.52 Å². The van der Waals surface area contributed by atoms with E-state index in [9.17, 15) is 0 Å². The summed E-state index contributed by atoms with van der Waals surface area (Å²) in [4.78, 5) is 0. The first-order chi connectivity index (χ1) is 3.31. The molecule has 0 aromatic heterocycles. The third-order valence-corrected chi connectivity index (χ3v) is 1.53. The van der Waals surface area contributed by atoms with Gasteiger partial charge in [-0.3, -0.25) is 0 Å². The first kappa shape index (κ1) is 7.39. The molecule has 0 N–H and O–H groups in total. The normalized spacial score (nSPS) is 15.9. The molecule has 0 aliphatic heterocycles. The van der Waals surface area contributed by atoms with Crippen molar-refractivity contribution in [1.29, 1.82) is 0 Å². The van der Waals surface area contributed by atoms with Crippen LogP contribution in [0, 0.1) is 0 Å².